The average Bonchev–Trinajstić information content (AvgIpc) is 3.15. The van der Waals surface area contributed by atoms with Crippen LogP contribution in [0.5, 0.6) is 0 Å². The predicted octanol–water partition coefficient (Wildman–Crippen LogP) is 3.77. The zero-order valence-corrected chi connectivity index (χ0v) is 17.1. The Morgan fingerprint density at radius 3 is 2.55 bits per heavy atom. The van der Waals surface area contributed by atoms with Crippen molar-refractivity contribution in [2.75, 3.05) is 0 Å². The molecule has 1 unspecified atom stereocenters. The van der Waals surface area contributed by atoms with Gasteiger partial charge < -0.3 is 15.2 Å². The summed E-state index contributed by atoms with van der Waals surface area (Å²) < 4.78 is 1.95. The summed E-state index contributed by atoms with van der Waals surface area (Å²) in [5, 5.41) is 6.20. The second kappa shape index (κ2) is 8.80. The first-order valence-electron chi connectivity index (χ1n) is 10.9. The van der Waals surface area contributed by atoms with Gasteiger partial charge in [-0.05, 0) is 44.6 Å². The molecule has 4 rings (SSSR count). The molecule has 29 heavy (non-hydrogen) atoms. The van der Waals surface area contributed by atoms with E-state index in [4.69, 9.17) is 0 Å². The number of hydrogen-bond acceptors (Lipinski definition) is 3. The minimum Gasteiger partial charge on any atom is -0.348 e. The molecule has 0 radical (unpaired) electrons. The number of fused-ring (bicyclic) bond motifs is 1. The number of nitrogens with one attached hydrogen (secondary N) is 2. The predicted molar refractivity (Wildman–Crippen MR) is 112 cm³/mol. The molecule has 6 nitrogen and oxygen atoms in total. The van der Waals surface area contributed by atoms with Crippen molar-refractivity contribution >= 4 is 11.8 Å². The largest absolute Gasteiger partial charge is 0.348 e. The lowest BCUT2D eigenvalue weighted by molar-refractivity contribution is 0.0921. The van der Waals surface area contributed by atoms with Gasteiger partial charge in [0.25, 0.3) is 11.8 Å². The standard InChI is InChI=1S/C23H30N4O2/c1-16(17-10-4-2-5-11-17)24-23(29)21-26-20(19-14-8-9-15-27(19)21)22(28)25-18-12-6-3-7-13-18/h2,4-5,10-11,16,18H,3,6-9,12-15H2,1H3,(H,24,29)(H,25,28). The fourth-order valence-corrected chi connectivity index (χ4v) is 4.49. The van der Waals surface area contributed by atoms with Crippen molar-refractivity contribution in [3.63, 3.8) is 0 Å². The van der Waals surface area contributed by atoms with Gasteiger partial charge >= 0.3 is 0 Å². The molecule has 2 aliphatic rings. The van der Waals surface area contributed by atoms with E-state index in [0.717, 1.165) is 62.7 Å². The van der Waals surface area contributed by atoms with Crippen LogP contribution in [0.1, 0.15) is 90.3 Å². The van der Waals surface area contributed by atoms with E-state index in [9.17, 15) is 9.59 Å². The van der Waals surface area contributed by atoms with E-state index in [1.807, 2.05) is 41.8 Å². The Morgan fingerprint density at radius 1 is 1.03 bits per heavy atom. The number of carbonyl (C=O) groups excluding carboxylic acids is 2. The number of hydrogen-bond donors (Lipinski definition) is 2. The molecule has 2 amide bonds. The van der Waals surface area contributed by atoms with Crippen molar-refractivity contribution in [1.29, 1.82) is 0 Å². The van der Waals surface area contributed by atoms with Gasteiger partial charge in [0.2, 0.25) is 0 Å². The number of aromatic nitrogens is 2. The Labute approximate surface area is 172 Å². The normalized spacial score (nSPS) is 18.0. The van der Waals surface area contributed by atoms with Crippen LogP contribution in [0.3, 0.4) is 0 Å². The maximum Gasteiger partial charge on any atom is 0.287 e. The average molecular weight is 395 g/mol. The number of amides is 2. The summed E-state index contributed by atoms with van der Waals surface area (Å²) in [6, 6.07) is 9.98. The van der Waals surface area contributed by atoms with Gasteiger partial charge in [-0.1, -0.05) is 49.6 Å². The van der Waals surface area contributed by atoms with Crippen LogP contribution in [0.2, 0.25) is 0 Å². The molecule has 154 valence electrons. The van der Waals surface area contributed by atoms with Gasteiger partial charge in [0.15, 0.2) is 5.82 Å². The van der Waals surface area contributed by atoms with Gasteiger partial charge in [-0.15, -0.1) is 0 Å². The van der Waals surface area contributed by atoms with Crippen molar-refractivity contribution in [2.24, 2.45) is 0 Å². The molecule has 1 atom stereocenters. The fraction of sp³-hybridized carbons (Fsp3) is 0.522. The molecular formula is C23H30N4O2. The number of nitrogens with zero attached hydrogens (tertiary/aromatic N) is 2. The second-order valence-electron chi connectivity index (χ2n) is 8.25. The van der Waals surface area contributed by atoms with Crippen LogP contribution in [-0.2, 0) is 13.0 Å². The first-order valence-corrected chi connectivity index (χ1v) is 10.9. The molecule has 1 aromatic heterocycles. The van der Waals surface area contributed by atoms with Crippen molar-refractivity contribution in [3.05, 3.63) is 53.1 Å². The van der Waals surface area contributed by atoms with Crippen molar-refractivity contribution in [3.8, 4) is 0 Å². The topological polar surface area (TPSA) is 76.0 Å². The smallest absolute Gasteiger partial charge is 0.287 e. The van der Waals surface area contributed by atoms with Crippen molar-refractivity contribution < 1.29 is 9.59 Å². The van der Waals surface area contributed by atoms with E-state index in [-0.39, 0.29) is 23.9 Å². The molecule has 0 bridgehead atoms. The van der Waals surface area contributed by atoms with Gasteiger partial charge in [0.1, 0.15) is 5.69 Å². The molecule has 1 aliphatic carbocycles. The lowest BCUT2D eigenvalue weighted by Gasteiger charge is -2.23. The highest BCUT2D eigenvalue weighted by molar-refractivity contribution is 5.97. The van der Waals surface area contributed by atoms with Crippen molar-refractivity contribution in [1.82, 2.24) is 20.2 Å². The Hall–Kier alpha value is -2.63. The number of benzene rings is 1. The maximum atomic E-state index is 13.0. The molecule has 1 aliphatic heterocycles. The zero-order chi connectivity index (χ0) is 20.2. The van der Waals surface area contributed by atoms with Gasteiger partial charge in [0, 0.05) is 12.6 Å². The third-order valence-corrected chi connectivity index (χ3v) is 6.12. The van der Waals surface area contributed by atoms with E-state index >= 15 is 0 Å². The molecule has 1 saturated carbocycles. The quantitative estimate of drug-likeness (QED) is 0.810. The lowest BCUT2D eigenvalue weighted by atomic mass is 9.95. The van der Waals surface area contributed by atoms with Crippen LogP contribution in [0.15, 0.2) is 30.3 Å². The van der Waals surface area contributed by atoms with Crippen LogP contribution in [0.25, 0.3) is 0 Å². The molecule has 0 saturated heterocycles. The summed E-state index contributed by atoms with van der Waals surface area (Å²) in [5.41, 5.74) is 2.39. The van der Waals surface area contributed by atoms with Gasteiger partial charge in [-0.3, -0.25) is 9.59 Å². The highest BCUT2D eigenvalue weighted by Gasteiger charge is 2.29. The molecule has 6 heteroatoms. The Morgan fingerprint density at radius 2 is 1.79 bits per heavy atom. The molecule has 2 N–H and O–H groups in total. The van der Waals surface area contributed by atoms with Crippen LogP contribution < -0.4 is 10.6 Å². The highest BCUT2D eigenvalue weighted by Crippen LogP contribution is 2.23. The van der Waals surface area contributed by atoms with Crippen LogP contribution >= 0.6 is 0 Å². The monoisotopic (exact) mass is 394 g/mol. The van der Waals surface area contributed by atoms with E-state index in [0.29, 0.717) is 11.5 Å². The summed E-state index contributed by atoms with van der Waals surface area (Å²) in [4.78, 5) is 30.5. The minimum atomic E-state index is -0.221. The summed E-state index contributed by atoms with van der Waals surface area (Å²) in [6.07, 6.45) is 8.46. The Bertz CT molecular complexity index is 869. The second-order valence-corrected chi connectivity index (χ2v) is 8.25. The summed E-state index contributed by atoms with van der Waals surface area (Å²) in [5.74, 6) is 0.00945. The molecule has 2 aromatic rings. The molecule has 1 aromatic carbocycles. The molecular weight excluding hydrogens is 364 g/mol. The van der Waals surface area contributed by atoms with E-state index in [1.54, 1.807) is 0 Å². The number of imidazole rings is 1. The molecule has 0 spiro atoms. The number of carbonyl (C=O) groups is 2. The first-order chi connectivity index (χ1) is 14.1. The van der Waals surface area contributed by atoms with Gasteiger partial charge in [-0.25, -0.2) is 4.98 Å². The Kier molecular flexibility index (Phi) is 5.97. The van der Waals surface area contributed by atoms with E-state index in [2.05, 4.69) is 15.6 Å². The third-order valence-electron chi connectivity index (χ3n) is 6.12. The van der Waals surface area contributed by atoms with E-state index < -0.39 is 0 Å². The van der Waals surface area contributed by atoms with Gasteiger partial charge in [-0.2, -0.15) is 0 Å². The summed E-state index contributed by atoms with van der Waals surface area (Å²) >= 11 is 0. The molecule has 1 fully saturated rings. The summed E-state index contributed by atoms with van der Waals surface area (Å²) in [6.45, 7) is 2.70. The minimum absolute atomic E-state index is 0.125. The number of rotatable bonds is 5. The van der Waals surface area contributed by atoms with Crippen LogP contribution in [-0.4, -0.2) is 27.4 Å². The van der Waals surface area contributed by atoms with Crippen LogP contribution in [0, 0.1) is 0 Å². The van der Waals surface area contributed by atoms with Gasteiger partial charge in [0.05, 0.1) is 11.7 Å². The van der Waals surface area contributed by atoms with Crippen LogP contribution in [0.4, 0.5) is 0 Å². The fourth-order valence-electron chi connectivity index (χ4n) is 4.49. The SMILES string of the molecule is CC(NC(=O)c1nc(C(=O)NC2CCCCC2)c2n1CCCC2)c1ccccc1. The zero-order valence-electron chi connectivity index (χ0n) is 17.1. The first kappa shape index (κ1) is 19.7. The highest BCUT2D eigenvalue weighted by atomic mass is 16.2. The summed E-state index contributed by atoms with van der Waals surface area (Å²) in [7, 11) is 0. The maximum absolute atomic E-state index is 13.0. The molecule has 2 heterocycles. The third kappa shape index (κ3) is 4.36. The lowest BCUT2D eigenvalue weighted by Crippen LogP contribution is -2.37. The van der Waals surface area contributed by atoms with Crippen molar-refractivity contribution in [2.45, 2.75) is 76.9 Å². The van der Waals surface area contributed by atoms with E-state index in [1.165, 1.54) is 6.42 Å². The Balaban J connectivity index is 1.54.